The van der Waals surface area contributed by atoms with E-state index in [0.717, 1.165) is 12.0 Å². The number of pyridine rings is 1. The zero-order chi connectivity index (χ0) is 13.8. The van der Waals surface area contributed by atoms with Gasteiger partial charge < -0.3 is 10.4 Å². The fourth-order valence-electron chi connectivity index (χ4n) is 1.61. The summed E-state index contributed by atoms with van der Waals surface area (Å²) in [4.78, 5) is 14.7. The molecule has 2 aromatic rings. The lowest BCUT2D eigenvalue weighted by Gasteiger charge is -2.07. The number of aromatic carboxylic acids is 1. The molecule has 0 atom stereocenters. The first-order chi connectivity index (χ1) is 9.06. The van der Waals surface area contributed by atoms with Gasteiger partial charge in [-0.15, -0.1) is 0 Å². The number of anilines is 1. The molecule has 0 aliphatic carbocycles. The van der Waals surface area contributed by atoms with Crippen LogP contribution in [0.2, 0.25) is 5.02 Å². The van der Waals surface area contributed by atoms with Crippen molar-refractivity contribution in [2.45, 2.75) is 6.42 Å². The number of carbonyl (C=O) groups is 1. The molecule has 7 heteroatoms. The topological polar surface area (TPSA) is 80.0 Å². The summed E-state index contributed by atoms with van der Waals surface area (Å²) >= 11 is 5.95. The van der Waals surface area contributed by atoms with Gasteiger partial charge in [0.1, 0.15) is 5.82 Å². The third-order valence-electron chi connectivity index (χ3n) is 2.55. The van der Waals surface area contributed by atoms with E-state index < -0.39 is 5.97 Å². The fraction of sp³-hybridized carbons (Fsp3) is 0.250. The number of carboxylic acids is 1. The largest absolute Gasteiger partial charge is 0.478 e. The standard InChI is InChI=1S/C12H13ClN4O2/c1-17-7-8(5-16-17)2-3-14-11-10(13)4-9(6-15-11)12(18)19/h4-7H,2-3H2,1H3,(H,14,15)(H,18,19). The second-order valence-electron chi connectivity index (χ2n) is 4.06. The predicted octanol–water partition coefficient (Wildman–Crippen LogP) is 1.82. The number of aromatic nitrogens is 3. The molecule has 0 aromatic carbocycles. The molecule has 0 bridgehead atoms. The van der Waals surface area contributed by atoms with E-state index in [0.29, 0.717) is 17.4 Å². The van der Waals surface area contributed by atoms with Crippen molar-refractivity contribution >= 4 is 23.4 Å². The Morgan fingerprint density at radius 2 is 2.32 bits per heavy atom. The van der Waals surface area contributed by atoms with E-state index in [1.54, 1.807) is 10.9 Å². The third kappa shape index (κ3) is 3.45. The summed E-state index contributed by atoms with van der Waals surface area (Å²) in [5.74, 6) is -0.563. The van der Waals surface area contributed by atoms with Gasteiger partial charge in [0.05, 0.1) is 16.8 Å². The maximum Gasteiger partial charge on any atom is 0.337 e. The minimum atomic E-state index is -1.05. The van der Waals surface area contributed by atoms with Crippen molar-refractivity contribution in [3.05, 3.63) is 40.8 Å². The summed E-state index contributed by atoms with van der Waals surface area (Å²) in [5, 5.41) is 16.2. The van der Waals surface area contributed by atoms with Crippen LogP contribution in [0.3, 0.4) is 0 Å². The van der Waals surface area contributed by atoms with Crippen molar-refractivity contribution in [3.8, 4) is 0 Å². The summed E-state index contributed by atoms with van der Waals surface area (Å²) in [7, 11) is 1.86. The van der Waals surface area contributed by atoms with Crippen LogP contribution < -0.4 is 5.32 Å². The molecule has 2 rings (SSSR count). The predicted molar refractivity (Wildman–Crippen MR) is 71.6 cm³/mol. The number of nitrogens with zero attached hydrogens (tertiary/aromatic N) is 3. The number of aryl methyl sites for hydroxylation is 1. The van der Waals surface area contributed by atoms with E-state index in [-0.39, 0.29) is 5.56 Å². The van der Waals surface area contributed by atoms with Crippen LogP contribution in [0.1, 0.15) is 15.9 Å². The molecule has 0 saturated heterocycles. The van der Waals surface area contributed by atoms with Gasteiger partial charge in [-0.1, -0.05) is 11.6 Å². The molecule has 0 radical (unpaired) electrons. The maximum atomic E-state index is 10.7. The van der Waals surface area contributed by atoms with E-state index >= 15 is 0 Å². The summed E-state index contributed by atoms with van der Waals surface area (Å²) in [6.07, 6.45) is 5.79. The quantitative estimate of drug-likeness (QED) is 0.873. The molecule has 19 heavy (non-hydrogen) atoms. The van der Waals surface area contributed by atoms with Gasteiger partial charge >= 0.3 is 5.97 Å². The summed E-state index contributed by atoms with van der Waals surface area (Å²) < 4.78 is 1.74. The van der Waals surface area contributed by atoms with Crippen LogP contribution in [0.5, 0.6) is 0 Å². The normalized spacial score (nSPS) is 10.4. The second-order valence-corrected chi connectivity index (χ2v) is 4.47. The van der Waals surface area contributed by atoms with Crippen molar-refractivity contribution in [2.24, 2.45) is 7.05 Å². The Hall–Kier alpha value is -2.08. The molecule has 2 heterocycles. The monoisotopic (exact) mass is 280 g/mol. The molecule has 0 aliphatic rings. The average molecular weight is 281 g/mol. The van der Waals surface area contributed by atoms with Crippen LogP contribution >= 0.6 is 11.6 Å². The van der Waals surface area contributed by atoms with E-state index in [1.807, 2.05) is 13.2 Å². The van der Waals surface area contributed by atoms with Gasteiger partial charge in [-0.3, -0.25) is 4.68 Å². The third-order valence-corrected chi connectivity index (χ3v) is 2.84. The van der Waals surface area contributed by atoms with Gasteiger partial charge in [-0.25, -0.2) is 9.78 Å². The Labute approximate surface area is 115 Å². The van der Waals surface area contributed by atoms with Crippen LogP contribution in [-0.2, 0) is 13.5 Å². The van der Waals surface area contributed by atoms with Crippen molar-refractivity contribution in [2.75, 3.05) is 11.9 Å². The molecule has 0 aliphatic heterocycles. The Morgan fingerprint density at radius 1 is 1.53 bits per heavy atom. The van der Waals surface area contributed by atoms with Crippen molar-refractivity contribution < 1.29 is 9.90 Å². The SMILES string of the molecule is Cn1cc(CCNc2ncc(C(=O)O)cc2Cl)cn1. The Morgan fingerprint density at radius 3 is 2.89 bits per heavy atom. The van der Waals surface area contributed by atoms with Gasteiger partial charge in [-0.2, -0.15) is 5.10 Å². The smallest absolute Gasteiger partial charge is 0.337 e. The minimum absolute atomic E-state index is 0.0720. The minimum Gasteiger partial charge on any atom is -0.478 e. The van der Waals surface area contributed by atoms with Crippen LogP contribution in [0.25, 0.3) is 0 Å². The zero-order valence-corrected chi connectivity index (χ0v) is 11.1. The molecule has 2 N–H and O–H groups in total. The van der Waals surface area contributed by atoms with Gasteiger partial charge in [0.2, 0.25) is 0 Å². The number of halogens is 1. The lowest BCUT2D eigenvalue weighted by molar-refractivity contribution is 0.0696. The molecule has 0 saturated carbocycles. The highest BCUT2D eigenvalue weighted by Crippen LogP contribution is 2.20. The first-order valence-corrected chi connectivity index (χ1v) is 6.04. The fourth-order valence-corrected chi connectivity index (χ4v) is 1.84. The lowest BCUT2D eigenvalue weighted by atomic mass is 10.2. The molecule has 2 aromatic heterocycles. The van der Waals surface area contributed by atoms with Gasteiger partial charge in [0, 0.05) is 26.0 Å². The van der Waals surface area contributed by atoms with Crippen LogP contribution in [0.4, 0.5) is 5.82 Å². The molecule has 0 fully saturated rings. The van der Waals surface area contributed by atoms with E-state index in [9.17, 15) is 4.79 Å². The molecule has 0 spiro atoms. The Balaban J connectivity index is 1.94. The molecular formula is C12H13ClN4O2. The molecule has 100 valence electrons. The van der Waals surface area contributed by atoms with E-state index in [1.165, 1.54) is 12.3 Å². The second kappa shape index (κ2) is 5.71. The molecule has 0 unspecified atom stereocenters. The summed E-state index contributed by atoms with van der Waals surface area (Å²) in [6.45, 7) is 0.644. The Bertz CT molecular complexity index is 597. The Kier molecular flexibility index (Phi) is 4.01. The zero-order valence-electron chi connectivity index (χ0n) is 10.3. The van der Waals surface area contributed by atoms with Gasteiger partial charge in [-0.05, 0) is 18.1 Å². The number of rotatable bonds is 5. The molecule has 6 nitrogen and oxygen atoms in total. The van der Waals surface area contributed by atoms with Crippen molar-refractivity contribution in [1.82, 2.24) is 14.8 Å². The lowest BCUT2D eigenvalue weighted by Crippen LogP contribution is -2.07. The van der Waals surface area contributed by atoms with Crippen LogP contribution in [0, 0.1) is 0 Å². The molecular weight excluding hydrogens is 268 g/mol. The summed E-state index contributed by atoms with van der Waals surface area (Å²) in [6, 6.07) is 1.38. The number of nitrogens with one attached hydrogen (secondary N) is 1. The molecule has 0 amide bonds. The highest BCUT2D eigenvalue weighted by atomic mass is 35.5. The van der Waals surface area contributed by atoms with Crippen LogP contribution in [-0.4, -0.2) is 32.4 Å². The number of hydrogen-bond donors (Lipinski definition) is 2. The number of carboxylic acid groups (broad SMARTS) is 1. The van der Waals surface area contributed by atoms with E-state index in [2.05, 4.69) is 15.4 Å². The maximum absolute atomic E-state index is 10.7. The van der Waals surface area contributed by atoms with Gasteiger partial charge in [0.25, 0.3) is 0 Å². The van der Waals surface area contributed by atoms with Crippen molar-refractivity contribution in [1.29, 1.82) is 0 Å². The highest BCUT2D eigenvalue weighted by Gasteiger charge is 2.08. The van der Waals surface area contributed by atoms with Crippen molar-refractivity contribution in [3.63, 3.8) is 0 Å². The average Bonchev–Trinajstić information content (AvgIpc) is 2.77. The van der Waals surface area contributed by atoms with Gasteiger partial charge in [0.15, 0.2) is 0 Å². The first kappa shape index (κ1) is 13.4. The van der Waals surface area contributed by atoms with Crippen LogP contribution in [0.15, 0.2) is 24.7 Å². The summed E-state index contributed by atoms with van der Waals surface area (Å²) in [5.41, 5.74) is 1.18. The highest BCUT2D eigenvalue weighted by molar-refractivity contribution is 6.33. The van der Waals surface area contributed by atoms with E-state index in [4.69, 9.17) is 16.7 Å². The number of hydrogen-bond acceptors (Lipinski definition) is 4. The first-order valence-electron chi connectivity index (χ1n) is 5.66.